The van der Waals surface area contributed by atoms with Gasteiger partial charge in [0.05, 0.1) is 16.6 Å². The average molecular weight is 365 g/mol. The van der Waals surface area contributed by atoms with Crippen molar-refractivity contribution in [3.05, 3.63) is 46.4 Å². The molecule has 1 N–H and O–H groups in total. The Morgan fingerprint density at radius 1 is 1.15 bits per heavy atom. The quantitative estimate of drug-likeness (QED) is 0.710. The molecular weight excluding hydrogens is 343 g/mol. The molecule has 3 aromatic rings. The Balaban J connectivity index is 2.16. The normalized spacial score (nSPS) is 12.5. The molecule has 26 heavy (non-hydrogen) atoms. The van der Waals surface area contributed by atoms with Gasteiger partial charge in [0.2, 0.25) is 0 Å². The van der Waals surface area contributed by atoms with Crippen molar-refractivity contribution in [3.63, 3.8) is 0 Å². The number of hydrogen-bond donors (Lipinski definition) is 1. The third-order valence-corrected chi connectivity index (χ3v) is 4.84. The molecule has 2 heterocycles. The SMILES string of the molecule is CCN(CC)CCCn1c2c[nH]ccc2c2c(C(F)(F)F)cc(=O)cc21. The number of nitrogens with zero attached hydrogens (tertiary/aromatic N) is 2. The zero-order chi connectivity index (χ0) is 18.9. The smallest absolute Gasteiger partial charge is 0.366 e. The van der Waals surface area contributed by atoms with E-state index < -0.39 is 17.2 Å². The van der Waals surface area contributed by atoms with Crippen LogP contribution in [-0.2, 0) is 12.7 Å². The highest BCUT2D eigenvalue weighted by Crippen LogP contribution is 2.38. The highest BCUT2D eigenvalue weighted by atomic mass is 19.4. The van der Waals surface area contributed by atoms with Gasteiger partial charge in [-0.25, -0.2) is 0 Å². The maximum Gasteiger partial charge on any atom is 0.417 e. The lowest BCUT2D eigenvalue weighted by molar-refractivity contribution is -0.136. The molecule has 0 spiro atoms. The van der Waals surface area contributed by atoms with E-state index in [1.54, 1.807) is 18.5 Å². The molecule has 0 saturated carbocycles. The van der Waals surface area contributed by atoms with Crippen molar-refractivity contribution in [2.24, 2.45) is 0 Å². The Bertz CT molecular complexity index is 968. The van der Waals surface area contributed by atoms with E-state index in [4.69, 9.17) is 0 Å². The number of H-pyrrole nitrogens is 1. The highest BCUT2D eigenvalue weighted by Gasteiger charge is 2.34. The number of rotatable bonds is 6. The zero-order valence-electron chi connectivity index (χ0n) is 14.9. The van der Waals surface area contributed by atoms with Crippen molar-refractivity contribution < 1.29 is 13.2 Å². The van der Waals surface area contributed by atoms with E-state index >= 15 is 0 Å². The van der Waals surface area contributed by atoms with Crippen molar-refractivity contribution in [2.75, 3.05) is 19.6 Å². The number of pyridine rings is 1. The summed E-state index contributed by atoms with van der Waals surface area (Å²) in [5.74, 6) is 0. The van der Waals surface area contributed by atoms with Gasteiger partial charge in [-0.05, 0) is 38.2 Å². The van der Waals surface area contributed by atoms with Crippen LogP contribution < -0.4 is 5.43 Å². The van der Waals surface area contributed by atoms with Crippen LogP contribution in [0.5, 0.6) is 0 Å². The second-order valence-electron chi connectivity index (χ2n) is 6.34. The van der Waals surface area contributed by atoms with Crippen molar-refractivity contribution in [3.8, 4) is 0 Å². The standard InChI is InChI=1S/C19H22F3N3O/c1-3-24(4-2)8-5-9-25-16-11-13(26)10-15(19(20,21)22)18(16)14-6-7-23-12-17(14)25/h6-7,10-12,23H,3-5,8-9H2,1-2H3. The van der Waals surface area contributed by atoms with Crippen LogP contribution in [0.25, 0.3) is 21.8 Å². The number of halogens is 3. The lowest BCUT2D eigenvalue weighted by Gasteiger charge is -2.18. The van der Waals surface area contributed by atoms with Crippen LogP contribution in [0.2, 0.25) is 0 Å². The summed E-state index contributed by atoms with van der Waals surface area (Å²) in [4.78, 5) is 17.1. The number of alkyl halides is 3. The number of nitrogens with one attached hydrogen (secondary N) is 1. The Morgan fingerprint density at radius 2 is 1.88 bits per heavy atom. The number of aromatic nitrogens is 2. The number of aryl methyl sites for hydroxylation is 1. The minimum Gasteiger partial charge on any atom is -0.366 e. The fraction of sp³-hybridized carbons (Fsp3) is 0.421. The monoisotopic (exact) mass is 365 g/mol. The summed E-state index contributed by atoms with van der Waals surface area (Å²) in [6.45, 7) is 7.43. The van der Waals surface area contributed by atoms with E-state index in [1.165, 1.54) is 6.07 Å². The summed E-state index contributed by atoms with van der Waals surface area (Å²) in [6.07, 6.45) is -0.483. The topological polar surface area (TPSA) is 41.0 Å². The number of hydrogen-bond acceptors (Lipinski definition) is 2. The van der Waals surface area contributed by atoms with Gasteiger partial charge in [-0.3, -0.25) is 4.79 Å². The van der Waals surface area contributed by atoms with Gasteiger partial charge in [-0.15, -0.1) is 0 Å². The molecule has 140 valence electrons. The van der Waals surface area contributed by atoms with Gasteiger partial charge < -0.3 is 14.5 Å². The second kappa shape index (κ2) is 7.15. The van der Waals surface area contributed by atoms with Crippen LogP contribution in [0.4, 0.5) is 13.2 Å². The van der Waals surface area contributed by atoms with Gasteiger partial charge in [-0.1, -0.05) is 13.8 Å². The van der Waals surface area contributed by atoms with Crippen LogP contribution in [0, 0.1) is 0 Å². The van der Waals surface area contributed by atoms with Crippen LogP contribution >= 0.6 is 0 Å². The van der Waals surface area contributed by atoms with Crippen molar-refractivity contribution >= 4 is 21.8 Å². The van der Waals surface area contributed by atoms with Crippen molar-refractivity contribution in [2.45, 2.75) is 33.0 Å². The first-order chi connectivity index (χ1) is 12.4. The molecule has 0 aliphatic rings. The molecule has 3 rings (SSSR count). The molecule has 0 radical (unpaired) electrons. The van der Waals surface area contributed by atoms with Crippen LogP contribution in [0.3, 0.4) is 0 Å². The Hall–Kier alpha value is -2.28. The van der Waals surface area contributed by atoms with E-state index in [1.807, 2.05) is 4.57 Å². The number of aromatic amines is 1. The summed E-state index contributed by atoms with van der Waals surface area (Å²) < 4.78 is 42.4. The number of fused-ring (bicyclic) bond motifs is 3. The molecular formula is C19H22F3N3O. The zero-order valence-corrected chi connectivity index (χ0v) is 14.9. The molecule has 0 unspecified atom stereocenters. The van der Waals surface area contributed by atoms with Gasteiger partial charge in [0.1, 0.15) is 0 Å². The van der Waals surface area contributed by atoms with Gasteiger partial charge in [0, 0.05) is 35.8 Å². The van der Waals surface area contributed by atoms with Crippen LogP contribution in [0.15, 0.2) is 35.4 Å². The van der Waals surface area contributed by atoms with Crippen molar-refractivity contribution in [1.82, 2.24) is 14.5 Å². The molecule has 1 aromatic carbocycles. The summed E-state index contributed by atoms with van der Waals surface area (Å²) in [5, 5.41) is 0.609. The molecule has 7 heteroatoms. The van der Waals surface area contributed by atoms with E-state index in [0.29, 0.717) is 29.0 Å². The highest BCUT2D eigenvalue weighted by molar-refractivity contribution is 6.09. The van der Waals surface area contributed by atoms with Gasteiger partial charge >= 0.3 is 6.18 Å². The molecule has 0 atom stereocenters. The largest absolute Gasteiger partial charge is 0.417 e. The molecule has 4 nitrogen and oxygen atoms in total. The van der Waals surface area contributed by atoms with Crippen molar-refractivity contribution in [1.29, 1.82) is 0 Å². The molecule has 0 aliphatic carbocycles. The summed E-state index contributed by atoms with van der Waals surface area (Å²) in [5.41, 5.74) is -0.461. The fourth-order valence-corrected chi connectivity index (χ4v) is 3.54. The fourth-order valence-electron chi connectivity index (χ4n) is 3.54. The molecule has 0 bridgehead atoms. The Labute approximate surface area is 149 Å². The lowest BCUT2D eigenvalue weighted by Crippen LogP contribution is -2.24. The molecule has 2 aromatic heterocycles. The molecule has 0 aliphatic heterocycles. The van der Waals surface area contributed by atoms with E-state index in [9.17, 15) is 18.0 Å². The summed E-state index contributed by atoms with van der Waals surface area (Å²) in [7, 11) is 0. The molecule has 0 saturated heterocycles. The summed E-state index contributed by atoms with van der Waals surface area (Å²) >= 11 is 0. The third kappa shape index (κ3) is 3.35. The maximum absolute atomic E-state index is 13.5. The predicted octanol–water partition coefficient (Wildman–Crippen LogP) is 4.23. The summed E-state index contributed by atoms with van der Waals surface area (Å²) in [6, 6.07) is 3.64. The Morgan fingerprint density at radius 3 is 2.54 bits per heavy atom. The van der Waals surface area contributed by atoms with Crippen LogP contribution in [-0.4, -0.2) is 34.1 Å². The van der Waals surface area contributed by atoms with E-state index in [0.717, 1.165) is 26.1 Å². The lowest BCUT2D eigenvalue weighted by atomic mass is 10.1. The van der Waals surface area contributed by atoms with Gasteiger partial charge in [-0.2, -0.15) is 13.2 Å². The predicted molar refractivity (Wildman–Crippen MR) is 97.5 cm³/mol. The minimum atomic E-state index is -4.57. The Kier molecular flexibility index (Phi) is 5.09. The van der Waals surface area contributed by atoms with Gasteiger partial charge in [0.25, 0.3) is 0 Å². The van der Waals surface area contributed by atoms with E-state index in [2.05, 4.69) is 23.7 Å². The molecule has 0 amide bonds. The third-order valence-electron chi connectivity index (χ3n) is 4.84. The van der Waals surface area contributed by atoms with Gasteiger partial charge in [0.15, 0.2) is 5.43 Å². The van der Waals surface area contributed by atoms with E-state index in [-0.39, 0.29) is 5.39 Å². The average Bonchev–Trinajstić information content (AvgIpc) is 2.91. The second-order valence-corrected chi connectivity index (χ2v) is 6.34. The molecule has 0 fully saturated rings. The number of benzene rings is 1. The minimum absolute atomic E-state index is 0.101. The maximum atomic E-state index is 13.5. The van der Waals surface area contributed by atoms with Crippen LogP contribution in [0.1, 0.15) is 25.8 Å². The first-order valence-electron chi connectivity index (χ1n) is 8.79. The first kappa shape index (κ1) is 18.5. The first-order valence-corrected chi connectivity index (χ1v) is 8.79.